The summed E-state index contributed by atoms with van der Waals surface area (Å²) in [4.78, 5) is 12.4. The molecule has 0 aromatic carbocycles. The molecular weight excluding hydrogens is 258 g/mol. The Balaban J connectivity index is 1.86. The number of rotatable bonds is 3. The summed E-state index contributed by atoms with van der Waals surface area (Å²) >= 11 is 7.22. The standard InChI is InChI=1S/C12H16ClNO2S/c13-9-5-6-17-11(9)12(16)14-7-8-3-1-2-4-10(8)15/h5-6,8,10,15H,1-4,7H2,(H,14,16). The zero-order valence-electron chi connectivity index (χ0n) is 9.49. The third kappa shape index (κ3) is 3.21. The number of halogens is 1. The highest BCUT2D eigenvalue weighted by Gasteiger charge is 2.23. The van der Waals surface area contributed by atoms with Crippen LogP contribution in [-0.4, -0.2) is 23.7 Å². The fourth-order valence-electron chi connectivity index (χ4n) is 2.19. The molecule has 0 radical (unpaired) electrons. The molecule has 1 fully saturated rings. The molecule has 1 saturated carbocycles. The highest BCUT2D eigenvalue weighted by Crippen LogP contribution is 2.25. The van der Waals surface area contributed by atoms with Gasteiger partial charge in [-0.15, -0.1) is 11.3 Å². The summed E-state index contributed by atoms with van der Waals surface area (Å²) < 4.78 is 0. The van der Waals surface area contributed by atoms with E-state index >= 15 is 0 Å². The summed E-state index contributed by atoms with van der Waals surface area (Å²) in [6.45, 7) is 0.536. The normalized spacial score (nSPS) is 24.6. The topological polar surface area (TPSA) is 49.3 Å². The zero-order chi connectivity index (χ0) is 12.3. The molecule has 1 aromatic rings. The van der Waals surface area contributed by atoms with Crippen LogP contribution in [0.25, 0.3) is 0 Å². The van der Waals surface area contributed by atoms with Crippen molar-refractivity contribution in [2.75, 3.05) is 6.54 Å². The lowest BCUT2D eigenvalue weighted by Gasteiger charge is -2.27. The van der Waals surface area contributed by atoms with E-state index in [1.807, 2.05) is 0 Å². The van der Waals surface area contributed by atoms with Gasteiger partial charge in [-0.05, 0) is 24.3 Å². The maximum Gasteiger partial charge on any atom is 0.262 e. The van der Waals surface area contributed by atoms with Gasteiger partial charge in [-0.2, -0.15) is 0 Å². The summed E-state index contributed by atoms with van der Waals surface area (Å²) in [5.74, 6) is 0.0502. The minimum Gasteiger partial charge on any atom is -0.393 e. The van der Waals surface area contributed by atoms with Crippen LogP contribution in [0, 0.1) is 5.92 Å². The number of thiophene rings is 1. The van der Waals surface area contributed by atoms with Crippen LogP contribution in [-0.2, 0) is 0 Å². The predicted molar refractivity (Wildman–Crippen MR) is 69.6 cm³/mol. The Morgan fingerprint density at radius 2 is 2.29 bits per heavy atom. The first kappa shape index (κ1) is 12.9. The fourth-order valence-corrected chi connectivity index (χ4v) is 3.24. The number of hydrogen-bond donors (Lipinski definition) is 2. The van der Waals surface area contributed by atoms with E-state index in [2.05, 4.69) is 5.32 Å². The smallest absolute Gasteiger partial charge is 0.262 e. The Kier molecular flexibility index (Phi) is 4.42. The molecular formula is C12H16ClNO2S. The summed E-state index contributed by atoms with van der Waals surface area (Å²) in [5.41, 5.74) is 0. The second-order valence-corrected chi connectivity index (χ2v) is 5.74. The highest BCUT2D eigenvalue weighted by molar-refractivity contribution is 7.12. The van der Waals surface area contributed by atoms with Gasteiger partial charge in [0.15, 0.2) is 0 Å². The number of aliphatic hydroxyl groups is 1. The van der Waals surface area contributed by atoms with E-state index in [4.69, 9.17) is 11.6 Å². The lowest BCUT2D eigenvalue weighted by atomic mass is 9.86. The van der Waals surface area contributed by atoms with Gasteiger partial charge < -0.3 is 10.4 Å². The number of hydrogen-bond acceptors (Lipinski definition) is 3. The van der Waals surface area contributed by atoms with E-state index < -0.39 is 0 Å². The minimum absolute atomic E-state index is 0.136. The van der Waals surface area contributed by atoms with Crippen molar-refractivity contribution in [3.8, 4) is 0 Å². The predicted octanol–water partition coefficient (Wildman–Crippen LogP) is 2.68. The maximum atomic E-state index is 11.8. The van der Waals surface area contributed by atoms with Crippen molar-refractivity contribution in [2.24, 2.45) is 5.92 Å². The van der Waals surface area contributed by atoms with E-state index in [0.29, 0.717) is 16.4 Å². The monoisotopic (exact) mass is 273 g/mol. The Hall–Kier alpha value is -0.580. The van der Waals surface area contributed by atoms with Gasteiger partial charge >= 0.3 is 0 Å². The van der Waals surface area contributed by atoms with Crippen molar-refractivity contribution >= 4 is 28.8 Å². The third-order valence-electron chi connectivity index (χ3n) is 3.22. The zero-order valence-corrected chi connectivity index (χ0v) is 11.1. The number of carbonyl (C=O) groups is 1. The first-order valence-electron chi connectivity index (χ1n) is 5.87. The van der Waals surface area contributed by atoms with Crippen LogP contribution in [0.2, 0.25) is 5.02 Å². The van der Waals surface area contributed by atoms with Gasteiger partial charge in [-0.1, -0.05) is 24.4 Å². The first-order valence-corrected chi connectivity index (χ1v) is 7.13. The molecule has 2 atom stereocenters. The van der Waals surface area contributed by atoms with Gasteiger partial charge in [0.25, 0.3) is 5.91 Å². The Morgan fingerprint density at radius 3 is 2.94 bits per heavy atom. The van der Waals surface area contributed by atoms with Gasteiger partial charge in [0, 0.05) is 12.5 Å². The lowest BCUT2D eigenvalue weighted by Crippen LogP contribution is -2.36. The number of aliphatic hydroxyl groups excluding tert-OH is 1. The molecule has 1 aliphatic carbocycles. The van der Waals surface area contributed by atoms with Crippen LogP contribution in [0.3, 0.4) is 0 Å². The van der Waals surface area contributed by atoms with Crippen LogP contribution >= 0.6 is 22.9 Å². The average Bonchev–Trinajstić information content (AvgIpc) is 2.74. The van der Waals surface area contributed by atoms with Crippen molar-refractivity contribution in [2.45, 2.75) is 31.8 Å². The molecule has 2 N–H and O–H groups in total. The van der Waals surface area contributed by atoms with Crippen LogP contribution < -0.4 is 5.32 Å². The van der Waals surface area contributed by atoms with Crippen LogP contribution in [0.4, 0.5) is 0 Å². The Labute approximate surface area is 110 Å². The van der Waals surface area contributed by atoms with Crippen molar-refractivity contribution in [1.82, 2.24) is 5.32 Å². The maximum absolute atomic E-state index is 11.8. The summed E-state index contributed by atoms with van der Waals surface area (Å²) in [6, 6.07) is 1.72. The number of carbonyl (C=O) groups excluding carboxylic acids is 1. The molecule has 0 spiro atoms. The number of amides is 1. The summed E-state index contributed by atoms with van der Waals surface area (Å²) in [5, 5.41) is 14.9. The van der Waals surface area contributed by atoms with Gasteiger partial charge in [-0.25, -0.2) is 0 Å². The third-order valence-corrected chi connectivity index (χ3v) is 4.56. The molecule has 0 bridgehead atoms. The molecule has 94 valence electrons. The summed E-state index contributed by atoms with van der Waals surface area (Å²) in [7, 11) is 0. The highest BCUT2D eigenvalue weighted by atomic mass is 35.5. The van der Waals surface area contributed by atoms with Crippen LogP contribution in [0.1, 0.15) is 35.4 Å². The van der Waals surface area contributed by atoms with Crippen LogP contribution in [0.5, 0.6) is 0 Å². The lowest BCUT2D eigenvalue weighted by molar-refractivity contribution is 0.0664. The van der Waals surface area contributed by atoms with Crippen molar-refractivity contribution in [3.63, 3.8) is 0 Å². The van der Waals surface area contributed by atoms with Crippen molar-refractivity contribution in [3.05, 3.63) is 21.3 Å². The molecule has 17 heavy (non-hydrogen) atoms. The fraction of sp³-hybridized carbons (Fsp3) is 0.583. The van der Waals surface area contributed by atoms with Gasteiger partial charge in [0.2, 0.25) is 0 Å². The van der Waals surface area contributed by atoms with Gasteiger partial charge in [-0.3, -0.25) is 4.79 Å². The molecule has 1 aliphatic rings. The van der Waals surface area contributed by atoms with Crippen molar-refractivity contribution < 1.29 is 9.90 Å². The molecule has 0 saturated heterocycles. The molecule has 1 aromatic heterocycles. The Bertz CT molecular complexity index is 394. The molecule has 1 heterocycles. The SMILES string of the molecule is O=C(NCC1CCCCC1O)c1sccc1Cl. The summed E-state index contributed by atoms with van der Waals surface area (Å²) in [6.07, 6.45) is 3.78. The number of nitrogens with one attached hydrogen (secondary N) is 1. The molecule has 1 amide bonds. The van der Waals surface area contributed by atoms with Gasteiger partial charge in [0.1, 0.15) is 4.88 Å². The quantitative estimate of drug-likeness (QED) is 0.890. The molecule has 2 rings (SSSR count). The van der Waals surface area contributed by atoms with E-state index in [1.54, 1.807) is 11.4 Å². The van der Waals surface area contributed by atoms with E-state index in [1.165, 1.54) is 11.3 Å². The first-order chi connectivity index (χ1) is 8.18. The minimum atomic E-state index is -0.275. The second-order valence-electron chi connectivity index (χ2n) is 4.42. The molecule has 3 nitrogen and oxygen atoms in total. The van der Waals surface area contributed by atoms with Gasteiger partial charge in [0.05, 0.1) is 11.1 Å². The van der Waals surface area contributed by atoms with E-state index in [-0.39, 0.29) is 17.9 Å². The van der Waals surface area contributed by atoms with E-state index in [0.717, 1.165) is 25.7 Å². The van der Waals surface area contributed by atoms with E-state index in [9.17, 15) is 9.90 Å². The van der Waals surface area contributed by atoms with Crippen LogP contribution in [0.15, 0.2) is 11.4 Å². The van der Waals surface area contributed by atoms with Crippen molar-refractivity contribution in [1.29, 1.82) is 0 Å². The molecule has 5 heteroatoms. The largest absolute Gasteiger partial charge is 0.393 e. The molecule has 2 unspecified atom stereocenters. The molecule has 0 aliphatic heterocycles. The second kappa shape index (κ2) is 5.85. The average molecular weight is 274 g/mol. The Morgan fingerprint density at radius 1 is 1.53 bits per heavy atom.